The SMILES string of the molecule is CC(=O)Nc1ccc(N(S(=O)(=O)C(F)(F)F)S(=O)(=O)C(F)(F)F)cc1Br. The zero-order valence-electron chi connectivity index (χ0n) is 12.2. The predicted octanol–water partition coefficient (Wildman–Crippen LogP) is 2.91. The number of hydrogen-bond donors (Lipinski definition) is 1. The second kappa shape index (κ2) is 6.88. The topological polar surface area (TPSA) is 101 Å². The second-order valence-corrected chi connectivity index (χ2v) is 9.09. The molecule has 0 spiro atoms. The van der Waals surface area contributed by atoms with Crippen LogP contribution in [-0.4, -0.2) is 33.8 Å². The minimum absolute atomic E-state index is 0.157. The molecule has 1 aromatic rings. The van der Waals surface area contributed by atoms with Crippen molar-refractivity contribution in [1.29, 1.82) is 0 Å². The van der Waals surface area contributed by atoms with Gasteiger partial charge in [-0.2, -0.15) is 43.2 Å². The van der Waals surface area contributed by atoms with Crippen LogP contribution in [0.15, 0.2) is 22.7 Å². The Bertz CT molecular complexity index is 882. The highest BCUT2D eigenvalue weighted by atomic mass is 79.9. The van der Waals surface area contributed by atoms with Crippen molar-refractivity contribution < 1.29 is 48.0 Å². The van der Waals surface area contributed by atoms with Gasteiger partial charge in [0.1, 0.15) is 0 Å². The fourth-order valence-electron chi connectivity index (χ4n) is 1.50. The van der Waals surface area contributed by atoms with Crippen molar-refractivity contribution in [1.82, 2.24) is 0 Å². The van der Waals surface area contributed by atoms with Crippen LogP contribution < -0.4 is 9.03 Å². The third kappa shape index (κ3) is 4.22. The van der Waals surface area contributed by atoms with E-state index in [0.717, 1.165) is 6.92 Å². The minimum Gasteiger partial charge on any atom is -0.325 e. The summed E-state index contributed by atoms with van der Waals surface area (Å²) in [5.74, 6) is -0.666. The quantitative estimate of drug-likeness (QED) is 0.651. The molecule has 0 radical (unpaired) electrons. The lowest BCUT2D eigenvalue weighted by molar-refractivity contribution is -0.114. The molecule has 0 bridgehead atoms. The number of carbonyl (C=O) groups excluding carboxylic acids is 1. The maximum absolute atomic E-state index is 12.7. The number of nitrogens with one attached hydrogen (secondary N) is 1. The van der Waals surface area contributed by atoms with Crippen LogP contribution in [-0.2, 0) is 24.8 Å². The summed E-state index contributed by atoms with van der Waals surface area (Å²) in [5, 5.41) is 2.13. The van der Waals surface area contributed by atoms with Crippen LogP contribution in [0.4, 0.5) is 37.7 Å². The van der Waals surface area contributed by atoms with Crippen molar-refractivity contribution in [3.63, 3.8) is 0 Å². The summed E-state index contributed by atoms with van der Waals surface area (Å²) in [5.41, 5.74) is -14.3. The van der Waals surface area contributed by atoms with Gasteiger partial charge >= 0.3 is 31.1 Å². The van der Waals surface area contributed by atoms with Crippen molar-refractivity contribution in [2.75, 3.05) is 9.03 Å². The van der Waals surface area contributed by atoms with Crippen molar-refractivity contribution >= 4 is 53.3 Å². The van der Waals surface area contributed by atoms with Crippen molar-refractivity contribution in [2.45, 2.75) is 17.9 Å². The van der Waals surface area contributed by atoms with Gasteiger partial charge in [-0.1, -0.05) is 0 Å². The largest absolute Gasteiger partial charge is 0.517 e. The van der Waals surface area contributed by atoms with E-state index in [2.05, 4.69) is 21.2 Å². The maximum Gasteiger partial charge on any atom is 0.517 e. The lowest BCUT2D eigenvalue weighted by atomic mass is 10.3. The summed E-state index contributed by atoms with van der Waals surface area (Å²) in [7, 11) is -13.9. The number of alkyl halides is 6. The summed E-state index contributed by atoms with van der Waals surface area (Å²) < 4.78 is 120. The molecule has 0 heterocycles. The number of rotatable bonds is 4. The van der Waals surface area contributed by atoms with Gasteiger partial charge < -0.3 is 5.32 Å². The van der Waals surface area contributed by atoms with E-state index in [9.17, 15) is 48.0 Å². The normalized spacial score (nSPS) is 13.4. The Balaban J connectivity index is 3.75. The van der Waals surface area contributed by atoms with Gasteiger partial charge in [0.2, 0.25) is 5.91 Å². The third-order valence-corrected chi connectivity index (χ3v) is 6.79. The smallest absolute Gasteiger partial charge is 0.325 e. The molecule has 0 aliphatic rings. The highest BCUT2D eigenvalue weighted by Gasteiger charge is 2.61. The number of nitrogens with zero attached hydrogens (tertiary/aromatic N) is 1. The van der Waals surface area contributed by atoms with Gasteiger partial charge in [-0.25, -0.2) is 0 Å². The van der Waals surface area contributed by atoms with Crippen LogP contribution >= 0.6 is 15.9 Å². The Labute approximate surface area is 151 Å². The molecule has 0 saturated heterocycles. The number of hydrogen-bond acceptors (Lipinski definition) is 5. The number of sulfonamides is 2. The lowest BCUT2D eigenvalue weighted by Crippen LogP contribution is -2.49. The number of amides is 1. The fraction of sp³-hybridized carbons (Fsp3) is 0.300. The van der Waals surface area contributed by atoms with Gasteiger partial charge in [-0.3, -0.25) is 4.79 Å². The van der Waals surface area contributed by atoms with E-state index in [-0.39, 0.29) is 10.2 Å². The van der Waals surface area contributed by atoms with Crippen LogP contribution in [0, 0.1) is 0 Å². The average Bonchev–Trinajstić information content (AvgIpc) is 2.38. The first kappa shape index (κ1) is 22.5. The molecule has 0 saturated carbocycles. The Morgan fingerprint density at radius 3 is 1.73 bits per heavy atom. The van der Waals surface area contributed by atoms with E-state index < -0.39 is 46.4 Å². The first-order valence-electron chi connectivity index (χ1n) is 5.93. The monoisotopic (exact) mass is 492 g/mol. The first-order chi connectivity index (χ1) is 11.4. The molecule has 1 aromatic carbocycles. The Morgan fingerprint density at radius 2 is 1.42 bits per heavy atom. The maximum atomic E-state index is 12.7. The predicted molar refractivity (Wildman–Crippen MR) is 80.9 cm³/mol. The van der Waals surface area contributed by atoms with Gasteiger partial charge in [0, 0.05) is 11.4 Å². The zero-order valence-corrected chi connectivity index (χ0v) is 15.4. The van der Waals surface area contributed by atoms with E-state index in [4.69, 9.17) is 0 Å². The van der Waals surface area contributed by atoms with Gasteiger partial charge in [0.05, 0.1) is 11.4 Å². The van der Waals surface area contributed by atoms with E-state index >= 15 is 0 Å². The molecule has 1 rings (SSSR count). The molecular formula is C10H7BrF6N2O5S2. The van der Waals surface area contributed by atoms with Crippen molar-refractivity contribution in [2.24, 2.45) is 0 Å². The Hall–Kier alpha value is -1.55. The molecule has 16 heteroatoms. The molecule has 1 amide bonds. The molecule has 0 aliphatic heterocycles. The second-order valence-electron chi connectivity index (χ2n) is 4.44. The molecule has 26 heavy (non-hydrogen) atoms. The van der Waals surface area contributed by atoms with Crippen molar-refractivity contribution in [3.05, 3.63) is 22.7 Å². The van der Waals surface area contributed by atoms with Gasteiger partial charge in [0.25, 0.3) is 0 Å². The molecular weight excluding hydrogens is 486 g/mol. The van der Waals surface area contributed by atoms with Crippen LogP contribution in [0.5, 0.6) is 0 Å². The van der Waals surface area contributed by atoms with Gasteiger partial charge in [-0.05, 0) is 34.1 Å². The lowest BCUT2D eigenvalue weighted by Gasteiger charge is -2.26. The summed E-state index contributed by atoms with van der Waals surface area (Å²) >= 11 is 2.68. The van der Waals surface area contributed by atoms with Crippen LogP contribution in [0.2, 0.25) is 0 Å². The highest BCUT2D eigenvalue weighted by molar-refractivity contribution is 9.10. The van der Waals surface area contributed by atoms with Crippen molar-refractivity contribution in [3.8, 4) is 0 Å². The van der Waals surface area contributed by atoms with E-state index in [0.29, 0.717) is 18.2 Å². The molecule has 148 valence electrons. The van der Waals surface area contributed by atoms with E-state index in [1.54, 1.807) is 0 Å². The van der Waals surface area contributed by atoms with Gasteiger partial charge in [0.15, 0.2) is 0 Å². The Kier molecular flexibility index (Phi) is 5.95. The van der Waals surface area contributed by atoms with E-state index in [1.807, 2.05) is 0 Å². The average molecular weight is 493 g/mol. The fourth-order valence-corrected chi connectivity index (χ4v) is 4.67. The van der Waals surface area contributed by atoms with Gasteiger partial charge in [-0.15, -0.1) is 3.71 Å². The van der Waals surface area contributed by atoms with Crippen LogP contribution in [0.1, 0.15) is 6.92 Å². The molecule has 7 nitrogen and oxygen atoms in total. The molecule has 0 aliphatic carbocycles. The number of carbonyl (C=O) groups is 1. The minimum atomic E-state index is -6.97. The summed E-state index contributed by atoms with van der Waals surface area (Å²) in [6.45, 7) is 1.04. The molecule has 0 atom stereocenters. The summed E-state index contributed by atoms with van der Waals surface area (Å²) in [6.07, 6.45) is 0. The summed E-state index contributed by atoms with van der Waals surface area (Å²) in [4.78, 5) is 10.9. The van der Waals surface area contributed by atoms with E-state index in [1.165, 1.54) is 0 Å². The highest BCUT2D eigenvalue weighted by Crippen LogP contribution is 2.40. The molecule has 0 fully saturated rings. The third-order valence-electron chi connectivity index (χ3n) is 2.50. The number of anilines is 2. The molecule has 0 aromatic heterocycles. The summed E-state index contributed by atoms with van der Waals surface area (Å²) in [6, 6.07) is 1.42. The molecule has 1 N–H and O–H groups in total. The first-order valence-corrected chi connectivity index (χ1v) is 9.60. The standard InChI is InChI=1S/C10H7BrF6N2O5S2/c1-5(20)18-8-3-2-6(4-7(8)11)19(25(21,22)9(12,13)14)26(23,24)10(15,16)17/h2-4H,1H3,(H,18,20). The van der Waals surface area contributed by atoms with Crippen LogP contribution in [0.3, 0.4) is 0 Å². The van der Waals surface area contributed by atoms with Crippen LogP contribution in [0.25, 0.3) is 0 Å². The number of benzene rings is 1. The number of halogens is 7. The Morgan fingerprint density at radius 1 is 1.00 bits per heavy atom. The molecule has 0 unspecified atom stereocenters. The zero-order chi connectivity index (χ0) is 20.7.